The lowest BCUT2D eigenvalue weighted by atomic mass is 10.1. The van der Waals surface area contributed by atoms with Crippen molar-refractivity contribution in [2.75, 3.05) is 18.0 Å². The van der Waals surface area contributed by atoms with Crippen LogP contribution in [0.25, 0.3) is 11.0 Å². The van der Waals surface area contributed by atoms with Crippen LogP contribution in [0.3, 0.4) is 0 Å². The fourth-order valence-corrected chi connectivity index (χ4v) is 4.22. The quantitative estimate of drug-likeness (QED) is 0.859. The molecular formula is C18H19FN4O3. The van der Waals surface area contributed by atoms with E-state index in [1.54, 1.807) is 4.57 Å². The van der Waals surface area contributed by atoms with E-state index >= 15 is 0 Å². The minimum absolute atomic E-state index is 0.0241. The molecule has 3 aliphatic rings. The third-order valence-corrected chi connectivity index (χ3v) is 5.97. The van der Waals surface area contributed by atoms with Crippen molar-refractivity contribution in [2.45, 2.75) is 31.3 Å². The molecule has 136 valence electrons. The normalized spacial score (nSPS) is 27.5. The number of nitrogens with zero attached hydrogens (tertiary/aromatic N) is 3. The van der Waals surface area contributed by atoms with Crippen LogP contribution >= 0.6 is 0 Å². The molecule has 1 saturated heterocycles. The average molecular weight is 358 g/mol. The molecule has 0 amide bonds. The lowest BCUT2D eigenvalue weighted by Crippen LogP contribution is -2.33. The number of carbonyl (C=O) groups is 1. The smallest absolute Gasteiger partial charge is 0.341 e. The lowest BCUT2D eigenvalue weighted by Gasteiger charge is -2.28. The highest BCUT2D eigenvalue weighted by molar-refractivity contribution is 5.92. The predicted octanol–water partition coefficient (Wildman–Crippen LogP) is 1.35. The van der Waals surface area contributed by atoms with Gasteiger partial charge >= 0.3 is 5.97 Å². The van der Waals surface area contributed by atoms with Gasteiger partial charge < -0.3 is 20.3 Å². The average Bonchev–Trinajstić information content (AvgIpc) is 3.53. The Morgan fingerprint density at radius 2 is 2.08 bits per heavy atom. The summed E-state index contributed by atoms with van der Waals surface area (Å²) in [4.78, 5) is 30.2. The lowest BCUT2D eigenvalue weighted by molar-refractivity contribution is 0.0695. The number of rotatable bonds is 3. The summed E-state index contributed by atoms with van der Waals surface area (Å²) in [6, 6.07) is 1.44. The summed E-state index contributed by atoms with van der Waals surface area (Å²) in [5, 5.41) is 9.31. The summed E-state index contributed by atoms with van der Waals surface area (Å²) in [5.74, 6) is -0.766. The molecule has 2 aromatic heterocycles. The van der Waals surface area contributed by atoms with Crippen molar-refractivity contribution in [3.8, 4) is 0 Å². The summed E-state index contributed by atoms with van der Waals surface area (Å²) in [6.07, 6.45) is 4.06. The van der Waals surface area contributed by atoms with Crippen molar-refractivity contribution in [1.82, 2.24) is 9.55 Å². The number of carboxylic acids is 1. The number of carboxylic acid groups (broad SMARTS) is 1. The van der Waals surface area contributed by atoms with Gasteiger partial charge in [-0.15, -0.1) is 0 Å². The molecule has 2 aromatic rings. The van der Waals surface area contributed by atoms with Crippen LogP contribution in [0.4, 0.5) is 10.2 Å². The topological polar surface area (TPSA) is 101 Å². The maximum atomic E-state index is 14.8. The predicted molar refractivity (Wildman–Crippen MR) is 93.0 cm³/mol. The van der Waals surface area contributed by atoms with Gasteiger partial charge in [-0.1, -0.05) is 0 Å². The van der Waals surface area contributed by atoms with E-state index in [0.717, 1.165) is 25.3 Å². The van der Waals surface area contributed by atoms with Crippen LogP contribution in [0.1, 0.15) is 35.7 Å². The Kier molecular flexibility index (Phi) is 3.19. The molecule has 0 unspecified atom stereocenters. The highest BCUT2D eigenvalue weighted by atomic mass is 19.1. The van der Waals surface area contributed by atoms with Crippen LogP contribution in [-0.4, -0.2) is 39.8 Å². The standard InChI is InChI=1S/C18H19FN4O3/c19-13-5-10-15(24)12(18(25)26)7-23(8-1-2-8)16(10)21-17(13)22-4-3-9-11(6-22)14(9)20/h5,7-9,11,14H,1-4,6,20H2,(H,25,26)/t9-,11+,14+/m0/s1. The van der Waals surface area contributed by atoms with E-state index in [2.05, 4.69) is 4.98 Å². The largest absolute Gasteiger partial charge is 0.477 e. The number of hydrogen-bond donors (Lipinski definition) is 2. The van der Waals surface area contributed by atoms with Gasteiger partial charge in [0.15, 0.2) is 11.6 Å². The zero-order valence-electron chi connectivity index (χ0n) is 14.1. The number of halogens is 1. The molecule has 8 heteroatoms. The maximum Gasteiger partial charge on any atom is 0.341 e. The summed E-state index contributed by atoms with van der Waals surface area (Å²) in [7, 11) is 0. The summed E-state index contributed by atoms with van der Waals surface area (Å²) >= 11 is 0. The monoisotopic (exact) mass is 358 g/mol. The molecule has 0 aromatic carbocycles. The molecule has 5 rings (SSSR count). The fourth-order valence-electron chi connectivity index (χ4n) is 4.22. The molecular weight excluding hydrogens is 339 g/mol. The molecule has 1 aliphatic heterocycles. The Balaban J connectivity index is 1.66. The second kappa shape index (κ2) is 5.26. The number of aromatic nitrogens is 2. The first kappa shape index (κ1) is 15.7. The Morgan fingerprint density at radius 3 is 2.73 bits per heavy atom. The summed E-state index contributed by atoms with van der Waals surface area (Å²) < 4.78 is 16.5. The van der Waals surface area contributed by atoms with Crippen molar-refractivity contribution < 1.29 is 14.3 Å². The highest BCUT2D eigenvalue weighted by Crippen LogP contribution is 2.45. The SMILES string of the molecule is N[C@@H]1[C@H]2CCN(c3nc4c(cc3F)c(=O)c(C(=O)O)cn4C3CC3)C[C@@H]12. The van der Waals surface area contributed by atoms with E-state index in [-0.39, 0.29) is 28.9 Å². The van der Waals surface area contributed by atoms with Gasteiger partial charge in [-0.3, -0.25) is 4.79 Å². The number of pyridine rings is 2. The van der Waals surface area contributed by atoms with Gasteiger partial charge in [-0.05, 0) is 37.2 Å². The second-order valence-electron chi connectivity index (χ2n) is 7.62. The number of nitrogens with two attached hydrogens (primary N) is 1. The molecule has 3 atom stereocenters. The minimum atomic E-state index is -1.31. The maximum absolute atomic E-state index is 14.8. The zero-order valence-corrected chi connectivity index (χ0v) is 14.1. The second-order valence-corrected chi connectivity index (χ2v) is 7.62. The van der Waals surface area contributed by atoms with Gasteiger partial charge in [-0.25, -0.2) is 14.2 Å². The van der Waals surface area contributed by atoms with Crippen LogP contribution in [0.5, 0.6) is 0 Å². The molecule has 0 spiro atoms. The first-order valence-electron chi connectivity index (χ1n) is 8.95. The van der Waals surface area contributed by atoms with Crippen LogP contribution in [0, 0.1) is 17.7 Å². The number of fused-ring (bicyclic) bond motifs is 2. The van der Waals surface area contributed by atoms with E-state index in [1.807, 2.05) is 4.90 Å². The third kappa shape index (κ3) is 2.25. The van der Waals surface area contributed by atoms with E-state index in [9.17, 15) is 19.1 Å². The van der Waals surface area contributed by atoms with E-state index in [0.29, 0.717) is 30.6 Å². The number of aromatic carboxylic acids is 1. The van der Waals surface area contributed by atoms with Crippen molar-refractivity contribution in [3.05, 3.63) is 33.9 Å². The molecule has 26 heavy (non-hydrogen) atoms. The molecule has 3 fully saturated rings. The van der Waals surface area contributed by atoms with Gasteiger partial charge in [0.1, 0.15) is 11.2 Å². The molecule has 0 bridgehead atoms. The first-order valence-corrected chi connectivity index (χ1v) is 8.95. The summed E-state index contributed by atoms with van der Waals surface area (Å²) in [5.41, 5.74) is 5.36. The fraction of sp³-hybridized carbons (Fsp3) is 0.500. The molecule has 2 saturated carbocycles. The van der Waals surface area contributed by atoms with Gasteiger partial charge in [0, 0.05) is 31.4 Å². The van der Waals surface area contributed by atoms with Gasteiger partial charge in [0.2, 0.25) is 5.43 Å². The molecule has 3 N–H and O–H groups in total. The molecule has 7 nitrogen and oxygen atoms in total. The van der Waals surface area contributed by atoms with Gasteiger partial charge in [0.25, 0.3) is 0 Å². The highest BCUT2D eigenvalue weighted by Gasteiger charge is 2.50. The van der Waals surface area contributed by atoms with Crippen molar-refractivity contribution in [2.24, 2.45) is 17.6 Å². The van der Waals surface area contributed by atoms with E-state index in [1.165, 1.54) is 6.20 Å². The van der Waals surface area contributed by atoms with Crippen LogP contribution in [0.15, 0.2) is 17.1 Å². The Hall–Kier alpha value is -2.48. The molecule has 3 heterocycles. The van der Waals surface area contributed by atoms with E-state index < -0.39 is 17.2 Å². The van der Waals surface area contributed by atoms with Crippen LogP contribution < -0.4 is 16.1 Å². The zero-order chi connectivity index (χ0) is 18.2. The van der Waals surface area contributed by atoms with Crippen LogP contribution in [-0.2, 0) is 0 Å². The van der Waals surface area contributed by atoms with Gasteiger partial charge in [0.05, 0.1) is 5.39 Å². The summed E-state index contributed by atoms with van der Waals surface area (Å²) in [6.45, 7) is 1.35. The van der Waals surface area contributed by atoms with Crippen LogP contribution in [0.2, 0.25) is 0 Å². The number of anilines is 1. The molecule has 2 aliphatic carbocycles. The van der Waals surface area contributed by atoms with Crippen molar-refractivity contribution >= 4 is 22.8 Å². The molecule has 0 radical (unpaired) electrons. The van der Waals surface area contributed by atoms with Crippen molar-refractivity contribution in [3.63, 3.8) is 0 Å². The number of hydrogen-bond acceptors (Lipinski definition) is 5. The number of piperidine rings is 1. The third-order valence-electron chi connectivity index (χ3n) is 5.97. The Labute approximate surface area is 148 Å². The Morgan fingerprint density at radius 1 is 1.31 bits per heavy atom. The minimum Gasteiger partial charge on any atom is -0.477 e. The van der Waals surface area contributed by atoms with E-state index in [4.69, 9.17) is 5.73 Å². The first-order chi connectivity index (χ1) is 12.5. The van der Waals surface area contributed by atoms with Crippen molar-refractivity contribution in [1.29, 1.82) is 0 Å². The van der Waals surface area contributed by atoms with Gasteiger partial charge in [-0.2, -0.15) is 0 Å². The Bertz CT molecular complexity index is 1000.